The predicted molar refractivity (Wildman–Crippen MR) is 117 cm³/mol. The first kappa shape index (κ1) is 22.5. The monoisotopic (exact) mass is 376 g/mol. The fraction of sp³-hybridized carbons (Fsp3) is 0.875. The van der Waals surface area contributed by atoms with Crippen LogP contribution >= 0.6 is 0 Å². The highest BCUT2D eigenvalue weighted by molar-refractivity contribution is 5.99. The van der Waals surface area contributed by atoms with Crippen molar-refractivity contribution >= 4 is 5.71 Å². The van der Waals surface area contributed by atoms with Crippen molar-refractivity contribution in [3.8, 4) is 0 Å². The minimum atomic E-state index is -0.197. The van der Waals surface area contributed by atoms with Crippen molar-refractivity contribution in [2.45, 2.75) is 129 Å². The van der Waals surface area contributed by atoms with Gasteiger partial charge in [0.1, 0.15) is 0 Å². The molecule has 1 heterocycles. The second-order valence-electron chi connectivity index (χ2n) is 9.44. The van der Waals surface area contributed by atoms with Gasteiger partial charge in [-0.2, -0.15) is 10.3 Å². The summed E-state index contributed by atoms with van der Waals surface area (Å²) in [4.78, 5) is 6.21. The number of hydrogen-bond donors (Lipinski definition) is 0. The van der Waals surface area contributed by atoms with E-state index >= 15 is 0 Å². The van der Waals surface area contributed by atoms with E-state index in [1.54, 1.807) is 0 Å². The number of hydroxylamine groups is 1. The quantitative estimate of drug-likeness (QED) is 0.496. The summed E-state index contributed by atoms with van der Waals surface area (Å²) in [6.07, 6.45) is 23.4. The molecule has 0 saturated heterocycles. The molecule has 0 spiro atoms. The second-order valence-corrected chi connectivity index (χ2v) is 9.44. The predicted octanol–water partition coefficient (Wildman–Crippen LogP) is 7.57. The highest BCUT2D eigenvalue weighted by atomic mass is 16.7. The fourth-order valence-electron chi connectivity index (χ4n) is 4.07. The lowest BCUT2D eigenvalue weighted by molar-refractivity contribution is -0.229. The van der Waals surface area contributed by atoms with Crippen LogP contribution in [-0.2, 0) is 4.84 Å². The molecule has 0 aromatic heterocycles. The van der Waals surface area contributed by atoms with E-state index in [1.165, 1.54) is 108 Å². The molecular formula is C24H44N2O. The first-order valence-corrected chi connectivity index (χ1v) is 11.8. The topological polar surface area (TPSA) is 24.8 Å². The van der Waals surface area contributed by atoms with Gasteiger partial charge in [0.05, 0.1) is 17.9 Å². The minimum absolute atomic E-state index is 0.197. The van der Waals surface area contributed by atoms with Gasteiger partial charge in [0.2, 0.25) is 0 Å². The molecule has 0 aromatic rings. The van der Waals surface area contributed by atoms with Crippen molar-refractivity contribution < 1.29 is 4.84 Å². The molecule has 0 atom stereocenters. The Morgan fingerprint density at radius 3 is 1.96 bits per heavy atom. The standard InChI is InChI=1S/C24H44N2O/c1-24(2,3)27-26-21-17-13-9-8-12-16-20-23(25-26)22-18-14-10-6-4-5-7-11-15-19-22/h18H,4-17,19-21H2,1-3H3. The SMILES string of the molecule is CC(C)(C)ON1CCCCCCCCC(C2=CCCCCCCCCC2)=N1. The third-order valence-corrected chi connectivity index (χ3v) is 5.54. The summed E-state index contributed by atoms with van der Waals surface area (Å²) >= 11 is 0. The van der Waals surface area contributed by atoms with Crippen molar-refractivity contribution in [3.05, 3.63) is 11.6 Å². The van der Waals surface area contributed by atoms with E-state index in [0.717, 1.165) is 13.0 Å². The van der Waals surface area contributed by atoms with E-state index in [0.29, 0.717) is 0 Å². The van der Waals surface area contributed by atoms with Crippen LogP contribution in [0.1, 0.15) is 124 Å². The maximum Gasteiger partial charge on any atom is 0.0897 e. The zero-order chi connectivity index (χ0) is 19.4. The van der Waals surface area contributed by atoms with Gasteiger partial charge in [0.15, 0.2) is 0 Å². The van der Waals surface area contributed by atoms with Gasteiger partial charge >= 0.3 is 0 Å². The molecule has 2 aliphatic rings. The van der Waals surface area contributed by atoms with E-state index in [1.807, 2.05) is 5.17 Å². The molecule has 0 amide bonds. The Labute approximate surface area is 168 Å². The molecular weight excluding hydrogens is 332 g/mol. The average molecular weight is 377 g/mol. The van der Waals surface area contributed by atoms with Gasteiger partial charge in [-0.15, -0.1) is 0 Å². The Hall–Kier alpha value is -0.830. The molecule has 0 saturated carbocycles. The minimum Gasteiger partial charge on any atom is -0.251 e. The summed E-state index contributed by atoms with van der Waals surface area (Å²) in [5.41, 5.74) is 2.62. The summed E-state index contributed by atoms with van der Waals surface area (Å²) in [5, 5.41) is 7.02. The summed E-state index contributed by atoms with van der Waals surface area (Å²) in [6, 6.07) is 0. The maximum atomic E-state index is 6.21. The van der Waals surface area contributed by atoms with E-state index in [9.17, 15) is 0 Å². The van der Waals surface area contributed by atoms with Crippen LogP contribution in [0.3, 0.4) is 0 Å². The Morgan fingerprint density at radius 1 is 0.741 bits per heavy atom. The van der Waals surface area contributed by atoms with Gasteiger partial charge in [-0.25, -0.2) is 0 Å². The largest absolute Gasteiger partial charge is 0.251 e. The van der Waals surface area contributed by atoms with Crippen LogP contribution < -0.4 is 0 Å². The van der Waals surface area contributed by atoms with Gasteiger partial charge in [-0.05, 0) is 71.3 Å². The molecule has 3 nitrogen and oxygen atoms in total. The second kappa shape index (κ2) is 12.6. The van der Waals surface area contributed by atoms with Gasteiger partial charge in [-0.3, -0.25) is 4.84 Å². The van der Waals surface area contributed by atoms with Gasteiger partial charge < -0.3 is 0 Å². The van der Waals surface area contributed by atoms with Crippen LogP contribution in [0.15, 0.2) is 16.8 Å². The molecule has 0 aromatic carbocycles. The molecule has 27 heavy (non-hydrogen) atoms. The normalized spacial score (nSPS) is 22.9. The summed E-state index contributed by atoms with van der Waals surface area (Å²) < 4.78 is 0. The number of nitrogens with zero attached hydrogens (tertiary/aromatic N) is 2. The van der Waals surface area contributed by atoms with Crippen LogP contribution in [0, 0.1) is 0 Å². The van der Waals surface area contributed by atoms with Gasteiger partial charge in [-0.1, -0.05) is 63.9 Å². The molecule has 3 heteroatoms. The zero-order valence-corrected chi connectivity index (χ0v) is 18.4. The zero-order valence-electron chi connectivity index (χ0n) is 18.4. The molecule has 2 rings (SSSR count). The van der Waals surface area contributed by atoms with Crippen molar-refractivity contribution in [2.24, 2.45) is 5.10 Å². The number of hydrogen-bond acceptors (Lipinski definition) is 3. The van der Waals surface area contributed by atoms with Crippen molar-refractivity contribution in [1.82, 2.24) is 5.17 Å². The first-order valence-electron chi connectivity index (χ1n) is 11.8. The Balaban J connectivity index is 2.18. The summed E-state index contributed by atoms with van der Waals surface area (Å²) in [7, 11) is 0. The summed E-state index contributed by atoms with van der Waals surface area (Å²) in [5.74, 6) is 0. The number of allylic oxidation sites excluding steroid dienone is 2. The maximum absolute atomic E-state index is 6.21. The Kier molecular flexibility index (Phi) is 10.5. The van der Waals surface area contributed by atoms with Crippen LogP contribution in [0.25, 0.3) is 0 Å². The average Bonchev–Trinajstić information content (AvgIpc) is 2.69. The van der Waals surface area contributed by atoms with E-state index in [4.69, 9.17) is 9.94 Å². The smallest absolute Gasteiger partial charge is 0.0897 e. The van der Waals surface area contributed by atoms with E-state index in [2.05, 4.69) is 26.8 Å². The van der Waals surface area contributed by atoms with Crippen molar-refractivity contribution in [2.75, 3.05) is 6.54 Å². The Morgan fingerprint density at radius 2 is 1.30 bits per heavy atom. The lowest BCUT2D eigenvalue weighted by atomic mass is 9.97. The van der Waals surface area contributed by atoms with E-state index < -0.39 is 0 Å². The summed E-state index contributed by atoms with van der Waals surface area (Å²) in [6.45, 7) is 7.28. The Bertz CT molecular complexity index is 461. The highest BCUT2D eigenvalue weighted by Gasteiger charge is 2.18. The van der Waals surface area contributed by atoms with Crippen molar-refractivity contribution in [1.29, 1.82) is 0 Å². The van der Waals surface area contributed by atoms with Crippen LogP contribution in [0.2, 0.25) is 0 Å². The first-order chi connectivity index (χ1) is 13.0. The lowest BCUT2D eigenvalue weighted by Crippen LogP contribution is -2.32. The molecule has 1 aliphatic heterocycles. The lowest BCUT2D eigenvalue weighted by Gasteiger charge is -2.28. The number of rotatable bonds is 2. The molecule has 0 fully saturated rings. The third-order valence-electron chi connectivity index (χ3n) is 5.54. The molecule has 156 valence electrons. The van der Waals surface area contributed by atoms with Crippen LogP contribution in [0.4, 0.5) is 0 Å². The van der Waals surface area contributed by atoms with Crippen LogP contribution in [0.5, 0.6) is 0 Å². The molecule has 0 unspecified atom stereocenters. The highest BCUT2D eigenvalue weighted by Crippen LogP contribution is 2.23. The molecule has 0 bridgehead atoms. The fourth-order valence-corrected chi connectivity index (χ4v) is 4.07. The molecule has 1 aliphatic carbocycles. The van der Waals surface area contributed by atoms with Gasteiger partial charge in [0.25, 0.3) is 0 Å². The van der Waals surface area contributed by atoms with Crippen molar-refractivity contribution in [3.63, 3.8) is 0 Å². The van der Waals surface area contributed by atoms with E-state index in [-0.39, 0.29) is 5.60 Å². The number of hydrazone groups is 1. The van der Waals surface area contributed by atoms with Gasteiger partial charge in [0, 0.05) is 0 Å². The molecule has 0 radical (unpaired) electrons. The molecule has 0 N–H and O–H groups in total. The third kappa shape index (κ3) is 10.3. The van der Waals surface area contributed by atoms with Crippen LogP contribution in [-0.4, -0.2) is 23.0 Å².